The molecule has 1 aromatic carbocycles. The zero-order chi connectivity index (χ0) is 13.9. The quantitative estimate of drug-likeness (QED) is 0.847. The van der Waals surface area contributed by atoms with Crippen molar-refractivity contribution < 1.29 is 14.0 Å². The Kier molecular flexibility index (Phi) is 3.56. The molecule has 1 aliphatic rings. The molecule has 0 amide bonds. The molecule has 0 aliphatic carbocycles. The maximum Gasteiger partial charge on any atom is 0.223 e. The number of hydrogen-bond donors (Lipinski definition) is 0. The molecule has 6 heteroatoms. The lowest BCUT2D eigenvalue weighted by atomic mass is 10.2. The zero-order valence-electron chi connectivity index (χ0n) is 11.6. The van der Waals surface area contributed by atoms with Gasteiger partial charge in [0.2, 0.25) is 5.89 Å². The number of aryl methyl sites for hydroxylation is 1. The molecule has 2 heterocycles. The molecule has 0 unspecified atom stereocenters. The Morgan fingerprint density at radius 3 is 2.70 bits per heavy atom. The van der Waals surface area contributed by atoms with E-state index in [9.17, 15) is 0 Å². The number of fused-ring (bicyclic) bond motifs is 1. The van der Waals surface area contributed by atoms with Crippen molar-refractivity contribution >= 4 is 0 Å². The third-order valence-electron chi connectivity index (χ3n) is 3.04. The van der Waals surface area contributed by atoms with Gasteiger partial charge in [0, 0.05) is 13.5 Å². The molecule has 2 aromatic rings. The molecule has 20 heavy (non-hydrogen) atoms. The summed E-state index contributed by atoms with van der Waals surface area (Å²) >= 11 is 0. The Labute approximate surface area is 117 Å². The van der Waals surface area contributed by atoms with E-state index in [1.807, 2.05) is 25.2 Å². The third kappa shape index (κ3) is 2.91. The minimum absolute atomic E-state index is 0.590. The summed E-state index contributed by atoms with van der Waals surface area (Å²) in [6.07, 6.45) is 0. The first-order valence-electron chi connectivity index (χ1n) is 6.57. The van der Waals surface area contributed by atoms with Crippen LogP contribution >= 0.6 is 0 Å². The van der Waals surface area contributed by atoms with Crippen LogP contribution < -0.4 is 9.47 Å². The minimum Gasteiger partial charge on any atom is -0.486 e. The summed E-state index contributed by atoms with van der Waals surface area (Å²) in [6, 6.07) is 6.02. The highest BCUT2D eigenvalue weighted by Gasteiger charge is 2.13. The summed E-state index contributed by atoms with van der Waals surface area (Å²) in [4.78, 5) is 6.32. The highest BCUT2D eigenvalue weighted by Crippen LogP contribution is 2.31. The Hall–Kier alpha value is -2.08. The summed E-state index contributed by atoms with van der Waals surface area (Å²) in [5.74, 6) is 2.92. The number of aromatic nitrogens is 2. The van der Waals surface area contributed by atoms with E-state index in [2.05, 4.69) is 15.0 Å². The molecule has 1 aliphatic heterocycles. The van der Waals surface area contributed by atoms with E-state index in [1.54, 1.807) is 6.92 Å². The van der Waals surface area contributed by atoms with E-state index in [1.165, 1.54) is 0 Å². The third-order valence-corrected chi connectivity index (χ3v) is 3.04. The van der Waals surface area contributed by atoms with Crippen LogP contribution in [0.15, 0.2) is 22.7 Å². The molecule has 0 saturated carbocycles. The fraction of sp³-hybridized carbons (Fsp3) is 0.429. The SMILES string of the molecule is Cc1nc(CN(C)Cc2ccc3c(c2)OCCO3)no1. The molecular weight excluding hydrogens is 258 g/mol. The topological polar surface area (TPSA) is 60.6 Å². The van der Waals surface area contributed by atoms with Gasteiger partial charge in [-0.15, -0.1) is 0 Å². The number of nitrogens with zero attached hydrogens (tertiary/aromatic N) is 3. The molecule has 0 radical (unpaired) electrons. The first-order chi connectivity index (χ1) is 9.70. The summed E-state index contributed by atoms with van der Waals surface area (Å²) in [7, 11) is 2.02. The molecule has 106 valence electrons. The van der Waals surface area contributed by atoms with Gasteiger partial charge >= 0.3 is 0 Å². The molecule has 0 bridgehead atoms. The highest BCUT2D eigenvalue weighted by atomic mass is 16.6. The monoisotopic (exact) mass is 275 g/mol. The van der Waals surface area contributed by atoms with Gasteiger partial charge in [0.1, 0.15) is 13.2 Å². The lowest BCUT2D eigenvalue weighted by Gasteiger charge is -2.20. The van der Waals surface area contributed by atoms with Crippen LogP contribution in [0.2, 0.25) is 0 Å². The first-order valence-corrected chi connectivity index (χ1v) is 6.57. The lowest BCUT2D eigenvalue weighted by molar-refractivity contribution is 0.171. The summed E-state index contributed by atoms with van der Waals surface area (Å²) in [6.45, 7) is 4.44. The van der Waals surface area contributed by atoms with E-state index >= 15 is 0 Å². The summed E-state index contributed by atoms with van der Waals surface area (Å²) < 4.78 is 16.1. The second-order valence-corrected chi connectivity index (χ2v) is 4.88. The molecule has 0 saturated heterocycles. The van der Waals surface area contributed by atoms with Crippen LogP contribution in [0.5, 0.6) is 11.5 Å². The predicted octanol–water partition coefficient (Wildman–Crippen LogP) is 1.78. The Morgan fingerprint density at radius 2 is 1.95 bits per heavy atom. The van der Waals surface area contributed by atoms with Gasteiger partial charge < -0.3 is 14.0 Å². The predicted molar refractivity (Wildman–Crippen MR) is 71.6 cm³/mol. The normalized spacial score (nSPS) is 13.8. The van der Waals surface area contributed by atoms with Crippen molar-refractivity contribution in [1.29, 1.82) is 0 Å². The average molecular weight is 275 g/mol. The molecule has 6 nitrogen and oxygen atoms in total. The number of ether oxygens (including phenoxy) is 2. The molecule has 0 N–H and O–H groups in total. The molecular formula is C14H17N3O3. The van der Waals surface area contributed by atoms with Gasteiger partial charge in [-0.3, -0.25) is 4.90 Å². The van der Waals surface area contributed by atoms with E-state index in [-0.39, 0.29) is 0 Å². The largest absolute Gasteiger partial charge is 0.486 e. The van der Waals surface area contributed by atoms with Gasteiger partial charge in [0.05, 0.1) is 6.54 Å². The molecule has 0 fully saturated rings. The Morgan fingerprint density at radius 1 is 1.15 bits per heavy atom. The highest BCUT2D eigenvalue weighted by molar-refractivity contribution is 5.43. The van der Waals surface area contributed by atoms with Crippen LogP contribution in [0, 0.1) is 6.92 Å². The second kappa shape index (κ2) is 5.50. The van der Waals surface area contributed by atoms with E-state index in [4.69, 9.17) is 14.0 Å². The van der Waals surface area contributed by atoms with Gasteiger partial charge in [0.15, 0.2) is 17.3 Å². The van der Waals surface area contributed by atoms with Crippen molar-refractivity contribution in [2.24, 2.45) is 0 Å². The van der Waals surface area contributed by atoms with Gasteiger partial charge in [-0.25, -0.2) is 0 Å². The van der Waals surface area contributed by atoms with Crippen molar-refractivity contribution in [2.75, 3.05) is 20.3 Å². The molecule has 0 spiro atoms. The molecule has 0 atom stereocenters. The standard InChI is InChI=1S/C14H17N3O3/c1-10-15-14(16-20-10)9-17(2)8-11-3-4-12-13(7-11)19-6-5-18-12/h3-4,7H,5-6,8-9H2,1-2H3. The van der Waals surface area contributed by atoms with Crippen LogP contribution in [-0.4, -0.2) is 35.3 Å². The molecule has 3 rings (SSSR count). The fourth-order valence-corrected chi connectivity index (χ4v) is 2.20. The number of benzene rings is 1. The maximum atomic E-state index is 5.58. The fourth-order valence-electron chi connectivity index (χ4n) is 2.20. The minimum atomic E-state index is 0.590. The zero-order valence-corrected chi connectivity index (χ0v) is 11.6. The van der Waals surface area contributed by atoms with Crippen LogP contribution in [-0.2, 0) is 13.1 Å². The van der Waals surface area contributed by atoms with Gasteiger partial charge in [0.25, 0.3) is 0 Å². The van der Waals surface area contributed by atoms with E-state index < -0.39 is 0 Å². The second-order valence-electron chi connectivity index (χ2n) is 4.88. The van der Waals surface area contributed by atoms with Crippen LogP contribution in [0.4, 0.5) is 0 Å². The lowest BCUT2D eigenvalue weighted by Crippen LogP contribution is -2.19. The van der Waals surface area contributed by atoms with Crippen LogP contribution in [0.3, 0.4) is 0 Å². The van der Waals surface area contributed by atoms with E-state index in [0.29, 0.717) is 31.5 Å². The van der Waals surface area contributed by atoms with Crippen molar-refractivity contribution in [3.63, 3.8) is 0 Å². The van der Waals surface area contributed by atoms with Crippen molar-refractivity contribution in [1.82, 2.24) is 15.0 Å². The average Bonchev–Trinajstić information content (AvgIpc) is 2.83. The smallest absolute Gasteiger partial charge is 0.223 e. The van der Waals surface area contributed by atoms with E-state index in [0.717, 1.165) is 23.6 Å². The first kappa shape index (κ1) is 12.9. The number of hydrogen-bond acceptors (Lipinski definition) is 6. The van der Waals surface area contributed by atoms with Crippen LogP contribution in [0.25, 0.3) is 0 Å². The van der Waals surface area contributed by atoms with Crippen LogP contribution in [0.1, 0.15) is 17.3 Å². The van der Waals surface area contributed by atoms with Gasteiger partial charge in [-0.2, -0.15) is 4.98 Å². The van der Waals surface area contributed by atoms with Crippen molar-refractivity contribution in [3.05, 3.63) is 35.5 Å². The maximum absolute atomic E-state index is 5.58. The van der Waals surface area contributed by atoms with Crippen molar-refractivity contribution in [3.8, 4) is 11.5 Å². The summed E-state index contributed by atoms with van der Waals surface area (Å²) in [5.41, 5.74) is 1.16. The Balaban J connectivity index is 1.65. The Bertz CT molecular complexity index is 597. The van der Waals surface area contributed by atoms with Gasteiger partial charge in [-0.1, -0.05) is 11.2 Å². The number of rotatable bonds is 4. The van der Waals surface area contributed by atoms with Crippen molar-refractivity contribution in [2.45, 2.75) is 20.0 Å². The van der Waals surface area contributed by atoms with Gasteiger partial charge in [-0.05, 0) is 24.7 Å². The summed E-state index contributed by atoms with van der Waals surface area (Å²) in [5, 5.41) is 3.90. The molecule has 1 aromatic heterocycles.